The number of carbonyl (C=O) groups is 1. The van der Waals surface area contributed by atoms with Crippen molar-refractivity contribution < 1.29 is 9.90 Å². The van der Waals surface area contributed by atoms with Crippen molar-refractivity contribution in [2.45, 2.75) is 23.3 Å². The van der Waals surface area contributed by atoms with Crippen LogP contribution in [-0.4, -0.2) is 40.4 Å². The second kappa shape index (κ2) is 5.12. The molecule has 1 amide bonds. The third-order valence-electron chi connectivity index (χ3n) is 3.96. The van der Waals surface area contributed by atoms with Gasteiger partial charge in [-0.15, -0.1) is 11.8 Å². The molecule has 1 aromatic carbocycles. The molecule has 1 saturated heterocycles. The van der Waals surface area contributed by atoms with Gasteiger partial charge in [0.25, 0.3) is 5.91 Å². The molecule has 104 valence electrons. The van der Waals surface area contributed by atoms with Crippen molar-refractivity contribution in [2.24, 2.45) is 5.92 Å². The molecule has 2 aliphatic rings. The van der Waals surface area contributed by atoms with E-state index in [1.54, 1.807) is 11.0 Å². The van der Waals surface area contributed by atoms with Gasteiger partial charge < -0.3 is 10.0 Å². The molecule has 0 aromatic heterocycles. The van der Waals surface area contributed by atoms with Crippen LogP contribution in [0.4, 0.5) is 0 Å². The average Bonchev–Trinajstić information content (AvgIpc) is 3.26. The molecule has 0 atom stereocenters. The van der Waals surface area contributed by atoms with Gasteiger partial charge in [0.15, 0.2) is 0 Å². The van der Waals surface area contributed by atoms with Crippen molar-refractivity contribution in [1.29, 1.82) is 5.26 Å². The van der Waals surface area contributed by atoms with Crippen molar-refractivity contribution in [3.63, 3.8) is 0 Å². The molecule has 0 spiro atoms. The summed E-state index contributed by atoms with van der Waals surface area (Å²) < 4.78 is 0. The van der Waals surface area contributed by atoms with Crippen LogP contribution in [0.25, 0.3) is 0 Å². The number of carbonyl (C=O) groups excluding carboxylic acids is 1. The Balaban J connectivity index is 1.70. The number of hydrogen-bond donors (Lipinski definition) is 1. The highest BCUT2D eigenvalue weighted by molar-refractivity contribution is 7.99. The van der Waals surface area contributed by atoms with E-state index in [9.17, 15) is 9.90 Å². The number of nitriles is 1. The van der Waals surface area contributed by atoms with Gasteiger partial charge in [-0.2, -0.15) is 5.26 Å². The fraction of sp³-hybridized carbons (Fsp3) is 0.467. The Kier molecular flexibility index (Phi) is 3.45. The zero-order chi connectivity index (χ0) is 14.2. The Morgan fingerprint density at radius 1 is 1.45 bits per heavy atom. The molecular weight excluding hydrogens is 272 g/mol. The van der Waals surface area contributed by atoms with Gasteiger partial charge in [-0.25, -0.2) is 0 Å². The van der Waals surface area contributed by atoms with E-state index in [4.69, 9.17) is 5.26 Å². The largest absolute Gasteiger partial charge is 0.386 e. The summed E-state index contributed by atoms with van der Waals surface area (Å²) in [5.41, 5.74) is -0.0182. The van der Waals surface area contributed by atoms with E-state index in [2.05, 4.69) is 6.07 Å². The first-order chi connectivity index (χ1) is 9.64. The average molecular weight is 288 g/mol. The van der Waals surface area contributed by atoms with E-state index in [1.807, 2.05) is 18.2 Å². The van der Waals surface area contributed by atoms with Crippen LogP contribution < -0.4 is 0 Å². The topological polar surface area (TPSA) is 64.3 Å². The highest BCUT2D eigenvalue weighted by atomic mass is 32.2. The van der Waals surface area contributed by atoms with Crippen LogP contribution in [0.1, 0.15) is 23.2 Å². The summed E-state index contributed by atoms with van der Waals surface area (Å²) in [6.45, 7) is 0.876. The molecule has 1 heterocycles. The summed E-state index contributed by atoms with van der Waals surface area (Å²) >= 11 is 1.37. The van der Waals surface area contributed by atoms with E-state index in [1.165, 1.54) is 11.8 Å². The minimum Gasteiger partial charge on any atom is -0.386 e. The maximum atomic E-state index is 12.5. The van der Waals surface area contributed by atoms with E-state index in [-0.39, 0.29) is 5.91 Å². The summed E-state index contributed by atoms with van der Waals surface area (Å²) in [5.74, 6) is 0.669. The van der Waals surface area contributed by atoms with Gasteiger partial charge >= 0.3 is 0 Å². The zero-order valence-electron chi connectivity index (χ0n) is 11.1. The number of rotatable bonds is 4. The highest BCUT2D eigenvalue weighted by Gasteiger charge is 2.53. The first-order valence-electron chi connectivity index (χ1n) is 6.74. The van der Waals surface area contributed by atoms with Crippen molar-refractivity contribution in [3.05, 3.63) is 29.8 Å². The molecule has 1 aromatic rings. The lowest BCUT2D eigenvalue weighted by atomic mass is 9.88. The van der Waals surface area contributed by atoms with Crippen LogP contribution in [0.15, 0.2) is 29.2 Å². The third kappa shape index (κ3) is 2.41. The van der Waals surface area contributed by atoms with Gasteiger partial charge in [0, 0.05) is 4.90 Å². The number of thioether (sulfide) groups is 1. The quantitative estimate of drug-likeness (QED) is 0.859. The van der Waals surface area contributed by atoms with Gasteiger partial charge in [0.1, 0.15) is 5.60 Å². The molecular formula is C15H16N2O2S. The number of β-amino-alcohol motifs (C(OH)–C–C–N with tert-alkyl or cyclic N) is 1. The molecule has 1 aliphatic heterocycles. The molecule has 1 saturated carbocycles. The molecule has 1 aliphatic carbocycles. The van der Waals surface area contributed by atoms with E-state index < -0.39 is 5.60 Å². The van der Waals surface area contributed by atoms with Gasteiger partial charge in [-0.05, 0) is 30.9 Å². The number of aliphatic hydroxyl groups is 1. The number of benzene rings is 1. The molecule has 0 radical (unpaired) electrons. The molecule has 3 rings (SSSR count). The molecule has 1 N–H and O–H groups in total. The summed E-state index contributed by atoms with van der Waals surface area (Å²) in [5, 5.41) is 18.9. The van der Waals surface area contributed by atoms with E-state index >= 15 is 0 Å². The Labute approximate surface area is 122 Å². The van der Waals surface area contributed by atoms with Crippen molar-refractivity contribution in [1.82, 2.24) is 4.90 Å². The fourth-order valence-electron chi connectivity index (χ4n) is 2.69. The summed E-state index contributed by atoms with van der Waals surface area (Å²) in [6, 6.07) is 9.42. The van der Waals surface area contributed by atoms with Gasteiger partial charge in [-0.3, -0.25) is 4.79 Å². The second-order valence-corrected chi connectivity index (χ2v) is 6.50. The number of likely N-dealkylation sites (tertiary alicyclic amines) is 1. The smallest absolute Gasteiger partial charge is 0.255 e. The lowest BCUT2D eigenvalue weighted by molar-refractivity contribution is -0.0959. The monoisotopic (exact) mass is 288 g/mol. The number of hydrogen-bond acceptors (Lipinski definition) is 4. The first kappa shape index (κ1) is 13.5. The van der Waals surface area contributed by atoms with E-state index in [0.29, 0.717) is 30.3 Å². The van der Waals surface area contributed by atoms with Crippen LogP contribution in [0, 0.1) is 17.2 Å². The summed E-state index contributed by atoms with van der Waals surface area (Å²) in [4.78, 5) is 15.0. The standard InChI is InChI=1S/C15H16N2O2S/c16-7-8-20-13-4-2-1-3-12(13)14(18)17-9-15(19,10-17)11-5-6-11/h1-4,11,19H,5-6,8-10H2. The van der Waals surface area contributed by atoms with Crippen molar-refractivity contribution in [3.8, 4) is 6.07 Å². The Hall–Kier alpha value is -1.51. The van der Waals surface area contributed by atoms with Gasteiger partial charge in [0.05, 0.1) is 30.5 Å². The normalized spacial score (nSPS) is 20.1. The van der Waals surface area contributed by atoms with Crippen LogP contribution in [0.5, 0.6) is 0 Å². The summed E-state index contributed by atoms with van der Waals surface area (Å²) in [6.07, 6.45) is 2.15. The second-order valence-electron chi connectivity index (χ2n) is 5.48. The lowest BCUT2D eigenvalue weighted by Crippen LogP contribution is -2.64. The zero-order valence-corrected chi connectivity index (χ0v) is 11.9. The molecule has 0 unspecified atom stereocenters. The molecule has 0 bridgehead atoms. The van der Waals surface area contributed by atoms with Crippen molar-refractivity contribution >= 4 is 17.7 Å². The van der Waals surface area contributed by atoms with E-state index in [0.717, 1.165) is 17.7 Å². The van der Waals surface area contributed by atoms with Crippen LogP contribution in [-0.2, 0) is 0 Å². The summed E-state index contributed by atoms with van der Waals surface area (Å²) in [7, 11) is 0. The maximum Gasteiger partial charge on any atom is 0.255 e. The lowest BCUT2D eigenvalue weighted by Gasteiger charge is -2.47. The highest BCUT2D eigenvalue weighted by Crippen LogP contribution is 2.45. The van der Waals surface area contributed by atoms with Crippen molar-refractivity contribution in [2.75, 3.05) is 18.8 Å². The van der Waals surface area contributed by atoms with Crippen LogP contribution in [0.3, 0.4) is 0 Å². The molecule has 20 heavy (non-hydrogen) atoms. The Morgan fingerprint density at radius 2 is 2.15 bits per heavy atom. The number of nitrogens with zero attached hydrogens (tertiary/aromatic N) is 2. The Morgan fingerprint density at radius 3 is 2.80 bits per heavy atom. The third-order valence-corrected chi connectivity index (χ3v) is 4.90. The predicted molar refractivity (Wildman–Crippen MR) is 76.4 cm³/mol. The first-order valence-corrected chi connectivity index (χ1v) is 7.73. The predicted octanol–water partition coefficient (Wildman–Crippen LogP) is 1.90. The van der Waals surface area contributed by atoms with Crippen LogP contribution >= 0.6 is 11.8 Å². The number of amides is 1. The molecule has 4 nitrogen and oxygen atoms in total. The van der Waals surface area contributed by atoms with Gasteiger partial charge in [-0.1, -0.05) is 12.1 Å². The Bertz CT molecular complexity index is 571. The fourth-order valence-corrected chi connectivity index (χ4v) is 3.39. The SMILES string of the molecule is N#CCSc1ccccc1C(=O)N1CC(O)(C2CC2)C1. The molecule has 5 heteroatoms. The minimum absolute atomic E-state index is 0.0450. The molecule has 2 fully saturated rings. The maximum absolute atomic E-state index is 12.5. The van der Waals surface area contributed by atoms with Gasteiger partial charge in [0.2, 0.25) is 0 Å². The minimum atomic E-state index is -0.648. The van der Waals surface area contributed by atoms with Crippen LogP contribution in [0.2, 0.25) is 0 Å².